The van der Waals surface area contributed by atoms with Gasteiger partial charge in [0.15, 0.2) is 0 Å². The molecule has 1 aromatic carbocycles. The molecular formula is C15H15BrN2O3. The van der Waals surface area contributed by atoms with Crippen molar-refractivity contribution in [3.05, 3.63) is 57.4 Å². The number of H-pyrrole nitrogens is 1. The van der Waals surface area contributed by atoms with E-state index in [1.807, 2.05) is 24.3 Å². The summed E-state index contributed by atoms with van der Waals surface area (Å²) in [4.78, 5) is 25.9. The van der Waals surface area contributed by atoms with E-state index in [-0.39, 0.29) is 17.0 Å². The second-order valence-electron chi connectivity index (χ2n) is 4.35. The Balaban J connectivity index is 1.74. The molecule has 1 aromatic heterocycles. The molecule has 0 fully saturated rings. The fourth-order valence-electron chi connectivity index (χ4n) is 1.70. The Morgan fingerprint density at radius 1 is 1.29 bits per heavy atom. The van der Waals surface area contributed by atoms with Gasteiger partial charge in [0.25, 0.3) is 0 Å². The highest BCUT2D eigenvalue weighted by molar-refractivity contribution is 9.10. The quantitative estimate of drug-likeness (QED) is 0.786. The molecule has 1 amide bonds. The van der Waals surface area contributed by atoms with Gasteiger partial charge in [-0.3, -0.25) is 9.59 Å². The predicted octanol–water partition coefficient (Wildman–Crippen LogP) is 2.94. The van der Waals surface area contributed by atoms with E-state index in [0.717, 1.165) is 10.2 Å². The summed E-state index contributed by atoms with van der Waals surface area (Å²) in [6.07, 6.45) is 3.85. The molecule has 0 unspecified atom stereocenters. The van der Waals surface area contributed by atoms with E-state index in [4.69, 9.17) is 4.74 Å². The molecule has 0 bridgehead atoms. The smallest absolute Gasteiger partial charge is 0.224 e. The van der Waals surface area contributed by atoms with Crippen molar-refractivity contribution in [1.82, 2.24) is 4.98 Å². The first-order valence-electron chi connectivity index (χ1n) is 6.51. The van der Waals surface area contributed by atoms with Crippen molar-refractivity contribution in [1.29, 1.82) is 0 Å². The van der Waals surface area contributed by atoms with Gasteiger partial charge in [-0.25, -0.2) is 0 Å². The number of nitrogens with one attached hydrogen (secondary N) is 2. The summed E-state index contributed by atoms with van der Waals surface area (Å²) in [7, 11) is 0. The molecule has 0 spiro atoms. The standard InChI is InChI=1S/C15H15BrN2O3/c16-11-4-1-2-5-14(11)21-9-3-6-15(20)18-12-10-17-8-7-13(12)19/h1-2,4-5,7-8,10H,3,6,9H2,(H,17,19)(H,18,20). The highest BCUT2D eigenvalue weighted by Crippen LogP contribution is 2.23. The van der Waals surface area contributed by atoms with Crippen LogP contribution in [0.3, 0.4) is 0 Å². The van der Waals surface area contributed by atoms with E-state index < -0.39 is 0 Å². The van der Waals surface area contributed by atoms with Gasteiger partial charge < -0.3 is 15.0 Å². The number of aromatic amines is 1. The van der Waals surface area contributed by atoms with E-state index in [1.54, 1.807) is 0 Å². The van der Waals surface area contributed by atoms with E-state index in [1.165, 1.54) is 18.5 Å². The van der Waals surface area contributed by atoms with Crippen molar-refractivity contribution in [2.45, 2.75) is 12.8 Å². The number of anilines is 1. The number of halogens is 1. The van der Waals surface area contributed by atoms with Gasteiger partial charge in [-0.05, 0) is 34.5 Å². The molecule has 0 aliphatic heterocycles. The van der Waals surface area contributed by atoms with E-state index in [0.29, 0.717) is 19.4 Å². The minimum atomic E-state index is -0.216. The minimum Gasteiger partial charge on any atom is -0.492 e. The first-order valence-corrected chi connectivity index (χ1v) is 7.30. The van der Waals surface area contributed by atoms with Crippen LogP contribution in [-0.4, -0.2) is 17.5 Å². The molecule has 1 heterocycles. The second-order valence-corrected chi connectivity index (χ2v) is 5.21. The van der Waals surface area contributed by atoms with Gasteiger partial charge in [-0.1, -0.05) is 12.1 Å². The maximum atomic E-state index is 11.7. The molecule has 5 nitrogen and oxygen atoms in total. The van der Waals surface area contributed by atoms with Gasteiger partial charge in [-0.2, -0.15) is 0 Å². The van der Waals surface area contributed by atoms with Crippen LogP contribution >= 0.6 is 15.9 Å². The molecule has 2 aromatic rings. The number of rotatable bonds is 6. The van der Waals surface area contributed by atoms with E-state index >= 15 is 0 Å². The maximum Gasteiger partial charge on any atom is 0.224 e. The molecule has 0 radical (unpaired) electrons. The van der Waals surface area contributed by atoms with Crippen LogP contribution < -0.4 is 15.5 Å². The number of hydrogen-bond acceptors (Lipinski definition) is 3. The molecular weight excluding hydrogens is 336 g/mol. The molecule has 0 saturated carbocycles. The molecule has 110 valence electrons. The van der Waals surface area contributed by atoms with Crippen molar-refractivity contribution in [2.75, 3.05) is 11.9 Å². The van der Waals surface area contributed by atoms with Crippen molar-refractivity contribution in [2.24, 2.45) is 0 Å². The number of aromatic nitrogens is 1. The van der Waals surface area contributed by atoms with Crippen molar-refractivity contribution in [3.63, 3.8) is 0 Å². The molecule has 0 saturated heterocycles. The lowest BCUT2D eigenvalue weighted by molar-refractivity contribution is -0.116. The summed E-state index contributed by atoms with van der Waals surface area (Å²) >= 11 is 3.39. The first-order chi connectivity index (χ1) is 10.2. The predicted molar refractivity (Wildman–Crippen MR) is 84.6 cm³/mol. The number of carbonyl (C=O) groups excluding carboxylic acids is 1. The van der Waals surface area contributed by atoms with Crippen molar-refractivity contribution < 1.29 is 9.53 Å². The monoisotopic (exact) mass is 350 g/mol. The van der Waals surface area contributed by atoms with Crippen LogP contribution in [0.15, 0.2) is 52.0 Å². The van der Waals surface area contributed by atoms with Crippen LogP contribution in [0.5, 0.6) is 5.75 Å². The Hall–Kier alpha value is -2.08. The molecule has 0 aliphatic carbocycles. The fourth-order valence-corrected chi connectivity index (χ4v) is 2.10. The topological polar surface area (TPSA) is 71.2 Å². The Labute approximate surface area is 130 Å². The molecule has 0 aliphatic rings. The Morgan fingerprint density at radius 3 is 2.86 bits per heavy atom. The number of ether oxygens (including phenoxy) is 1. The summed E-state index contributed by atoms with van der Waals surface area (Å²) in [6, 6.07) is 8.90. The molecule has 2 rings (SSSR count). The van der Waals surface area contributed by atoms with Crippen LogP contribution in [0.4, 0.5) is 5.69 Å². The summed E-state index contributed by atoms with van der Waals surface area (Å²) in [5.74, 6) is 0.542. The number of pyridine rings is 1. The maximum absolute atomic E-state index is 11.7. The average molecular weight is 351 g/mol. The van der Waals surface area contributed by atoms with Crippen LogP contribution in [0.1, 0.15) is 12.8 Å². The zero-order valence-electron chi connectivity index (χ0n) is 11.3. The Bertz CT molecular complexity index is 670. The molecule has 2 N–H and O–H groups in total. The number of hydrogen-bond donors (Lipinski definition) is 2. The van der Waals surface area contributed by atoms with Gasteiger partial charge in [0.1, 0.15) is 11.4 Å². The minimum absolute atomic E-state index is 0.206. The van der Waals surface area contributed by atoms with E-state index in [9.17, 15) is 9.59 Å². The van der Waals surface area contributed by atoms with Crippen LogP contribution in [0, 0.1) is 0 Å². The zero-order chi connectivity index (χ0) is 15.1. The number of amides is 1. The van der Waals surface area contributed by atoms with Gasteiger partial charge >= 0.3 is 0 Å². The number of carbonyl (C=O) groups is 1. The molecule has 6 heteroatoms. The summed E-state index contributed by atoms with van der Waals surface area (Å²) in [6.45, 7) is 0.432. The molecule has 21 heavy (non-hydrogen) atoms. The van der Waals surface area contributed by atoms with Crippen LogP contribution in [0.2, 0.25) is 0 Å². The summed E-state index contributed by atoms with van der Waals surface area (Å²) in [5, 5.41) is 2.57. The lowest BCUT2D eigenvalue weighted by Crippen LogP contribution is -2.18. The van der Waals surface area contributed by atoms with Crippen molar-refractivity contribution in [3.8, 4) is 5.75 Å². The first kappa shape index (κ1) is 15.3. The van der Waals surface area contributed by atoms with Gasteiger partial charge in [0.05, 0.1) is 11.1 Å². The Morgan fingerprint density at radius 2 is 2.10 bits per heavy atom. The highest BCUT2D eigenvalue weighted by Gasteiger charge is 2.05. The van der Waals surface area contributed by atoms with Gasteiger partial charge in [-0.15, -0.1) is 0 Å². The lowest BCUT2D eigenvalue weighted by atomic mass is 10.3. The fraction of sp³-hybridized carbons (Fsp3) is 0.200. The summed E-state index contributed by atoms with van der Waals surface area (Å²) in [5.41, 5.74) is 0.0424. The second kappa shape index (κ2) is 7.64. The third-order valence-electron chi connectivity index (χ3n) is 2.74. The van der Waals surface area contributed by atoms with Gasteiger partial charge in [0.2, 0.25) is 11.3 Å². The third kappa shape index (κ3) is 4.75. The summed E-state index contributed by atoms with van der Waals surface area (Å²) < 4.78 is 6.45. The highest BCUT2D eigenvalue weighted by atomic mass is 79.9. The molecule has 0 atom stereocenters. The third-order valence-corrected chi connectivity index (χ3v) is 3.40. The average Bonchev–Trinajstić information content (AvgIpc) is 2.48. The Kier molecular flexibility index (Phi) is 5.57. The normalized spacial score (nSPS) is 10.1. The van der Waals surface area contributed by atoms with Crippen LogP contribution in [-0.2, 0) is 4.79 Å². The number of para-hydroxylation sites is 1. The SMILES string of the molecule is O=C(CCCOc1ccccc1Br)Nc1c[nH]ccc1=O. The van der Waals surface area contributed by atoms with E-state index in [2.05, 4.69) is 26.2 Å². The largest absolute Gasteiger partial charge is 0.492 e. The van der Waals surface area contributed by atoms with Crippen LogP contribution in [0.25, 0.3) is 0 Å². The number of benzene rings is 1. The van der Waals surface area contributed by atoms with Gasteiger partial charge in [0, 0.05) is 24.9 Å². The lowest BCUT2D eigenvalue weighted by Gasteiger charge is -2.08. The zero-order valence-corrected chi connectivity index (χ0v) is 12.9. The van der Waals surface area contributed by atoms with Crippen molar-refractivity contribution >= 4 is 27.5 Å².